The largest absolute Gasteiger partial charge is 0.466 e. The fourth-order valence-corrected chi connectivity index (χ4v) is 1.68. The van der Waals surface area contributed by atoms with Crippen molar-refractivity contribution in [2.24, 2.45) is 5.11 Å². The number of hydrogen-bond acceptors (Lipinski definition) is 6. The Hall–Kier alpha value is -0.630. The van der Waals surface area contributed by atoms with Gasteiger partial charge in [-0.1, -0.05) is 5.11 Å². The number of carbonyl (C=O) groups excluding carboxylic acids is 1. The Kier molecular flexibility index (Phi) is 8.15. The van der Waals surface area contributed by atoms with Gasteiger partial charge >= 0.3 is 5.97 Å². The molecule has 2 unspecified atom stereocenters. The van der Waals surface area contributed by atoms with E-state index in [4.69, 9.17) is 10.3 Å². The summed E-state index contributed by atoms with van der Waals surface area (Å²) in [6.07, 6.45) is 0.191. The molecule has 0 bridgehead atoms. The van der Waals surface area contributed by atoms with Crippen molar-refractivity contribution >= 4 is 46.9 Å². The third-order valence-electron chi connectivity index (χ3n) is 1.75. The molecular weight excluding hydrogens is 255 g/mol. The van der Waals surface area contributed by atoms with Gasteiger partial charge in [0.15, 0.2) is 6.04 Å². The first kappa shape index (κ1) is 16.4. The molecule has 87 valence electrons. The molecule has 0 aliphatic carbocycles. The molecule has 1 radical (unpaired) electrons. The number of aromatic nitrogens is 1. The second kappa shape index (κ2) is 8.46. The van der Waals surface area contributed by atoms with Crippen molar-refractivity contribution in [3.63, 3.8) is 0 Å². The van der Waals surface area contributed by atoms with Crippen molar-refractivity contribution in [2.45, 2.75) is 19.1 Å². The second-order valence-corrected chi connectivity index (χ2v) is 3.67. The minimum Gasteiger partial charge on any atom is -0.466 e. The average molecular weight is 265 g/mol. The van der Waals surface area contributed by atoms with Crippen molar-refractivity contribution in [1.29, 1.82) is 0 Å². The van der Waals surface area contributed by atoms with Gasteiger partial charge in [-0.25, -0.2) is 0 Å². The summed E-state index contributed by atoms with van der Waals surface area (Å²) in [7, 11) is 0. The van der Waals surface area contributed by atoms with E-state index in [1.807, 2.05) is 0 Å². The number of aliphatic hydroxyl groups is 1. The minimum absolute atomic E-state index is 0. The predicted molar refractivity (Wildman–Crippen MR) is 62.4 cm³/mol. The first-order chi connectivity index (χ1) is 7.70. The van der Waals surface area contributed by atoms with Crippen LogP contribution in [0.25, 0.3) is 10.4 Å². The normalized spacial score (nSPS) is 12.8. The third kappa shape index (κ3) is 4.63. The van der Waals surface area contributed by atoms with Crippen LogP contribution < -0.4 is 0 Å². The Morgan fingerprint density at radius 1 is 1.82 bits per heavy atom. The minimum atomic E-state index is -1.27. The fraction of sp³-hybridized carbons (Fsp3) is 0.500. The summed E-state index contributed by atoms with van der Waals surface area (Å²) in [5.74, 6) is -0.749. The molecule has 9 heteroatoms. The van der Waals surface area contributed by atoms with E-state index in [1.54, 1.807) is 6.92 Å². The smallest absolute Gasteiger partial charge is 0.317 e. The zero-order valence-corrected chi connectivity index (χ0v) is 12.3. The number of nitrogens with zero attached hydrogens (tertiary/aromatic N) is 4. The summed E-state index contributed by atoms with van der Waals surface area (Å²) in [5.41, 5.74) is 9.84. The molecule has 0 aliphatic heterocycles. The van der Waals surface area contributed by atoms with Crippen LogP contribution in [0.15, 0.2) is 16.8 Å². The van der Waals surface area contributed by atoms with Crippen LogP contribution >= 0.6 is 11.3 Å². The molecule has 0 spiro atoms. The van der Waals surface area contributed by atoms with Crippen LogP contribution in [0.1, 0.15) is 17.9 Å². The van der Waals surface area contributed by atoms with Crippen molar-refractivity contribution in [1.82, 2.24) is 4.98 Å². The van der Waals surface area contributed by atoms with Crippen LogP contribution in [0.3, 0.4) is 0 Å². The molecule has 7 nitrogen and oxygen atoms in total. The van der Waals surface area contributed by atoms with Crippen LogP contribution in [-0.2, 0) is 9.53 Å². The molecular formula is C8H10N4NaO3S. The average Bonchev–Trinajstić information content (AvgIpc) is 2.78. The van der Waals surface area contributed by atoms with E-state index in [2.05, 4.69) is 15.0 Å². The van der Waals surface area contributed by atoms with E-state index >= 15 is 0 Å². The molecule has 0 aromatic carbocycles. The van der Waals surface area contributed by atoms with Crippen LogP contribution in [0, 0.1) is 0 Å². The van der Waals surface area contributed by atoms with E-state index in [1.165, 1.54) is 23.0 Å². The Bertz CT molecular complexity index is 393. The van der Waals surface area contributed by atoms with Crippen LogP contribution in [0.5, 0.6) is 0 Å². The van der Waals surface area contributed by atoms with Crippen molar-refractivity contribution in [2.75, 3.05) is 6.61 Å². The third-order valence-corrected chi connectivity index (χ3v) is 2.59. The number of azide groups is 1. The Morgan fingerprint density at radius 2 is 2.53 bits per heavy atom. The molecule has 0 saturated carbocycles. The van der Waals surface area contributed by atoms with Crippen LogP contribution in [-0.4, -0.2) is 58.3 Å². The summed E-state index contributed by atoms with van der Waals surface area (Å²) in [5, 5.41) is 13.0. The van der Waals surface area contributed by atoms with Crippen LogP contribution in [0.4, 0.5) is 0 Å². The zero-order valence-electron chi connectivity index (χ0n) is 9.48. The van der Waals surface area contributed by atoms with E-state index < -0.39 is 18.1 Å². The number of aliphatic hydroxyl groups excluding tert-OH is 1. The zero-order chi connectivity index (χ0) is 12.0. The quantitative estimate of drug-likeness (QED) is 0.282. The summed E-state index contributed by atoms with van der Waals surface area (Å²) >= 11 is 1.17. The SMILES string of the molecule is CCOC(=O)C(N=[N+]=[N-])C(O)c1cncs1.[Na]. The Morgan fingerprint density at radius 3 is 3.00 bits per heavy atom. The second-order valence-electron chi connectivity index (χ2n) is 2.75. The number of esters is 1. The summed E-state index contributed by atoms with van der Waals surface area (Å²) in [4.78, 5) is 18.1. The molecule has 0 saturated heterocycles. The van der Waals surface area contributed by atoms with Crippen molar-refractivity contribution < 1.29 is 14.6 Å². The van der Waals surface area contributed by atoms with Gasteiger partial charge < -0.3 is 9.84 Å². The molecule has 0 fully saturated rings. The van der Waals surface area contributed by atoms with Crippen LogP contribution in [0.2, 0.25) is 0 Å². The fourth-order valence-electron chi connectivity index (χ4n) is 1.05. The molecule has 17 heavy (non-hydrogen) atoms. The number of ether oxygens (including phenoxy) is 1. The van der Waals surface area contributed by atoms with Gasteiger partial charge in [0.2, 0.25) is 0 Å². The molecule has 2 atom stereocenters. The summed E-state index contributed by atoms with van der Waals surface area (Å²) in [6.45, 7) is 1.79. The first-order valence-electron chi connectivity index (χ1n) is 4.48. The van der Waals surface area contributed by atoms with Gasteiger partial charge in [-0.05, 0) is 12.5 Å². The summed E-state index contributed by atoms with van der Waals surface area (Å²) in [6, 6.07) is -1.27. The van der Waals surface area contributed by atoms with E-state index in [0.717, 1.165) is 0 Å². The Balaban J connectivity index is 0.00000256. The number of hydrogen-bond donors (Lipinski definition) is 1. The molecule has 1 aromatic heterocycles. The van der Waals surface area contributed by atoms with Gasteiger partial charge in [0.25, 0.3) is 0 Å². The Labute approximate surface area is 124 Å². The number of rotatable bonds is 5. The molecule has 0 aliphatic rings. The van der Waals surface area contributed by atoms with Crippen molar-refractivity contribution in [3.05, 3.63) is 27.0 Å². The first-order valence-corrected chi connectivity index (χ1v) is 5.36. The molecule has 1 aromatic rings. The molecule has 1 rings (SSSR count). The van der Waals surface area contributed by atoms with Gasteiger partial charge in [0, 0.05) is 40.7 Å². The maximum Gasteiger partial charge on any atom is 0.317 e. The maximum atomic E-state index is 11.4. The van der Waals surface area contributed by atoms with E-state index in [-0.39, 0.29) is 36.2 Å². The van der Waals surface area contributed by atoms with E-state index in [0.29, 0.717) is 4.88 Å². The van der Waals surface area contributed by atoms with E-state index in [9.17, 15) is 9.90 Å². The number of thiazole rings is 1. The standard InChI is InChI=1S/C8H10N4O3S.Na/c1-2-15-8(14)6(11-12-9)7(13)5-3-10-4-16-5;/h3-4,6-7,13H,2H2,1H3;. The van der Waals surface area contributed by atoms with Gasteiger partial charge in [-0.2, -0.15) is 0 Å². The molecule has 0 amide bonds. The number of carbonyl (C=O) groups is 1. The molecule has 1 heterocycles. The maximum absolute atomic E-state index is 11.4. The van der Waals surface area contributed by atoms with Gasteiger partial charge in [-0.15, -0.1) is 11.3 Å². The topological polar surface area (TPSA) is 108 Å². The van der Waals surface area contributed by atoms with Gasteiger partial charge in [0.1, 0.15) is 6.10 Å². The summed E-state index contributed by atoms with van der Waals surface area (Å²) < 4.78 is 4.70. The van der Waals surface area contributed by atoms with Crippen molar-refractivity contribution in [3.8, 4) is 0 Å². The molecule has 1 N–H and O–H groups in total. The predicted octanol–water partition coefficient (Wildman–Crippen LogP) is 1.04. The van der Waals surface area contributed by atoms with Gasteiger partial charge in [-0.3, -0.25) is 9.78 Å². The monoisotopic (exact) mass is 265 g/mol. The van der Waals surface area contributed by atoms with Gasteiger partial charge in [0.05, 0.1) is 17.0 Å².